The number of hydrogen-bond donors (Lipinski definition) is 2. The zero-order valence-corrected chi connectivity index (χ0v) is 25.3. The molecule has 0 aliphatic carbocycles. The van der Waals surface area contributed by atoms with Crippen LogP contribution in [-0.4, -0.2) is 81.8 Å². The highest BCUT2D eigenvalue weighted by Gasteiger charge is 2.21. The van der Waals surface area contributed by atoms with Crippen LogP contribution in [0, 0.1) is 0 Å². The number of anilines is 1. The molecule has 1 amide bonds. The van der Waals surface area contributed by atoms with Crippen LogP contribution in [0.5, 0.6) is 6.01 Å². The number of fused-ring (bicyclic) bond motifs is 1. The number of benzene rings is 1. The largest absolute Gasteiger partial charge is 0.469 e. The molecule has 3 aromatic rings. The Balaban J connectivity index is 1.74. The van der Waals surface area contributed by atoms with Gasteiger partial charge in [0.1, 0.15) is 17.7 Å². The minimum absolute atomic E-state index is 0.0180. The summed E-state index contributed by atoms with van der Waals surface area (Å²) in [5.74, 6) is -0.974. The summed E-state index contributed by atoms with van der Waals surface area (Å²) >= 11 is 0. The lowest BCUT2D eigenvalue weighted by atomic mass is 10.1. The van der Waals surface area contributed by atoms with Crippen LogP contribution in [0.3, 0.4) is 0 Å². The summed E-state index contributed by atoms with van der Waals surface area (Å²) in [6, 6.07) is 7.29. The van der Waals surface area contributed by atoms with E-state index < -0.39 is 17.3 Å². The van der Waals surface area contributed by atoms with E-state index in [1.807, 2.05) is 12.1 Å². The third-order valence-corrected chi connectivity index (χ3v) is 6.25. The average molecular weight is 601 g/mol. The molecule has 0 aliphatic rings. The number of imidazole rings is 1. The molecule has 3 N–H and O–H groups in total. The fraction of sp³-hybridized carbons (Fsp3) is 0.517. The Morgan fingerprint density at radius 3 is 2.35 bits per heavy atom. The zero-order chi connectivity index (χ0) is 31.6. The van der Waals surface area contributed by atoms with E-state index in [1.54, 1.807) is 37.8 Å². The van der Waals surface area contributed by atoms with E-state index in [0.29, 0.717) is 18.5 Å². The van der Waals surface area contributed by atoms with E-state index in [9.17, 15) is 19.2 Å². The highest BCUT2D eigenvalue weighted by atomic mass is 16.6. The van der Waals surface area contributed by atoms with Gasteiger partial charge in [-0.3, -0.25) is 19.0 Å². The molecule has 0 saturated heterocycles. The first-order chi connectivity index (χ1) is 20.4. The number of rotatable bonds is 15. The molecular weight excluding hydrogens is 560 g/mol. The van der Waals surface area contributed by atoms with Crippen LogP contribution in [0.15, 0.2) is 29.1 Å². The summed E-state index contributed by atoms with van der Waals surface area (Å²) in [5, 5.41) is 0. The normalized spacial score (nSPS) is 11.4. The van der Waals surface area contributed by atoms with Crippen molar-refractivity contribution in [1.82, 2.24) is 24.4 Å². The molecule has 0 spiro atoms. The van der Waals surface area contributed by atoms with Crippen LogP contribution >= 0.6 is 0 Å². The SMILES string of the molecule is COCCOc1nc(N)c2[nH]c(=O)n(CCCN(Cc3ccc(CC(=O)OC)cc3)C(=O)CCC(=O)OC(C)(C)C)c2n1. The summed E-state index contributed by atoms with van der Waals surface area (Å²) < 4.78 is 21.9. The van der Waals surface area contributed by atoms with Crippen molar-refractivity contribution in [3.63, 3.8) is 0 Å². The summed E-state index contributed by atoms with van der Waals surface area (Å²) in [5.41, 5.74) is 7.15. The van der Waals surface area contributed by atoms with Gasteiger partial charge in [-0.2, -0.15) is 9.97 Å². The van der Waals surface area contributed by atoms with Gasteiger partial charge in [-0.25, -0.2) is 4.79 Å². The van der Waals surface area contributed by atoms with Gasteiger partial charge >= 0.3 is 23.6 Å². The second kappa shape index (κ2) is 15.1. The van der Waals surface area contributed by atoms with Crippen molar-refractivity contribution < 1.29 is 33.3 Å². The number of aryl methyl sites for hydroxylation is 1. The molecule has 14 heteroatoms. The molecule has 0 atom stereocenters. The lowest BCUT2D eigenvalue weighted by Gasteiger charge is -2.24. The number of nitrogens with two attached hydrogens (primary N) is 1. The predicted molar refractivity (Wildman–Crippen MR) is 157 cm³/mol. The molecule has 2 aromatic heterocycles. The second-order valence-electron chi connectivity index (χ2n) is 10.8. The molecule has 234 valence electrons. The number of amides is 1. The molecule has 2 heterocycles. The van der Waals surface area contributed by atoms with Crippen molar-refractivity contribution in [2.45, 2.75) is 65.1 Å². The first-order valence-electron chi connectivity index (χ1n) is 13.9. The van der Waals surface area contributed by atoms with Gasteiger partial charge in [-0.05, 0) is 38.3 Å². The van der Waals surface area contributed by atoms with Gasteiger partial charge in [0, 0.05) is 33.2 Å². The Kier molecular flexibility index (Phi) is 11.6. The number of carbonyl (C=O) groups excluding carboxylic acids is 3. The molecule has 0 unspecified atom stereocenters. The standard InChI is InChI=1S/C29H40N6O8/c1-29(2,3)43-22(37)12-11-21(36)34(18-20-9-7-19(8-10-20)17-23(38)41-5)13-6-14-35-26-24(31-28(35)39)25(30)32-27(33-26)42-16-15-40-4/h7-10H,6,11-18H2,1-5H3,(H,31,39)(H2,30,32,33). The topological polar surface area (TPSA) is 181 Å². The van der Waals surface area contributed by atoms with Gasteiger partial charge < -0.3 is 34.6 Å². The molecule has 0 bridgehead atoms. The van der Waals surface area contributed by atoms with Crippen LogP contribution < -0.4 is 16.2 Å². The predicted octanol–water partition coefficient (Wildman–Crippen LogP) is 1.98. The van der Waals surface area contributed by atoms with Gasteiger partial charge in [0.2, 0.25) is 5.91 Å². The van der Waals surface area contributed by atoms with Gasteiger partial charge in [0.25, 0.3) is 0 Å². The number of nitrogen functional groups attached to an aromatic ring is 1. The van der Waals surface area contributed by atoms with Gasteiger partial charge in [-0.15, -0.1) is 0 Å². The summed E-state index contributed by atoms with van der Waals surface area (Å²) in [7, 11) is 2.87. The highest BCUT2D eigenvalue weighted by Crippen LogP contribution is 2.18. The van der Waals surface area contributed by atoms with E-state index >= 15 is 0 Å². The van der Waals surface area contributed by atoms with Crippen molar-refractivity contribution in [2.24, 2.45) is 0 Å². The van der Waals surface area contributed by atoms with Gasteiger partial charge in [-0.1, -0.05) is 24.3 Å². The second-order valence-corrected chi connectivity index (χ2v) is 10.8. The Labute approximate surface area is 249 Å². The average Bonchev–Trinajstić information content (AvgIpc) is 3.26. The number of H-pyrrole nitrogens is 1. The number of methoxy groups -OCH3 is 2. The van der Waals surface area contributed by atoms with Crippen LogP contribution in [0.4, 0.5) is 5.82 Å². The van der Waals surface area contributed by atoms with Crippen molar-refractivity contribution in [2.75, 3.05) is 39.7 Å². The lowest BCUT2D eigenvalue weighted by Crippen LogP contribution is -2.33. The number of hydrogen-bond acceptors (Lipinski definition) is 11. The molecule has 0 aliphatic heterocycles. The molecular formula is C29H40N6O8. The number of esters is 2. The number of aromatic amines is 1. The van der Waals surface area contributed by atoms with Crippen LogP contribution in [0.2, 0.25) is 0 Å². The molecule has 43 heavy (non-hydrogen) atoms. The van der Waals surface area contributed by atoms with E-state index in [1.165, 1.54) is 18.8 Å². The van der Waals surface area contributed by atoms with E-state index in [0.717, 1.165) is 11.1 Å². The maximum absolute atomic E-state index is 13.3. The molecule has 0 radical (unpaired) electrons. The van der Waals surface area contributed by atoms with E-state index in [-0.39, 0.29) is 74.9 Å². The third-order valence-electron chi connectivity index (χ3n) is 6.25. The molecule has 1 aromatic carbocycles. The number of nitrogens with zero attached hydrogens (tertiary/aromatic N) is 4. The smallest absolute Gasteiger partial charge is 0.327 e. The van der Waals surface area contributed by atoms with E-state index in [2.05, 4.69) is 15.0 Å². The number of ether oxygens (including phenoxy) is 4. The quantitative estimate of drug-likeness (QED) is 0.192. The summed E-state index contributed by atoms with van der Waals surface area (Å²) in [6.45, 7) is 6.61. The minimum atomic E-state index is -0.653. The maximum atomic E-state index is 13.3. The summed E-state index contributed by atoms with van der Waals surface area (Å²) in [6.07, 6.45) is 0.444. The van der Waals surface area contributed by atoms with E-state index in [4.69, 9.17) is 24.7 Å². The van der Waals surface area contributed by atoms with Crippen LogP contribution in [-0.2, 0) is 48.1 Å². The first kappa shape index (κ1) is 33.0. The Hall–Kier alpha value is -4.46. The number of carbonyl (C=O) groups is 3. The molecule has 0 saturated carbocycles. The highest BCUT2D eigenvalue weighted by molar-refractivity contribution is 5.82. The Morgan fingerprint density at radius 1 is 1.00 bits per heavy atom. The zero-order valence-electron chi connectivity index (χ0n) is 25.3. The van der Waals surface area contributed by atoms with Crippen molar-refractivity contribution in [1.29, 1.82) is 0 Å². The minimum Gasteiger partial charge on any atom is -0.469 e. The number of aromatic nitrogens is 4. The first-order valence-corrected chi connectivity index (χ1v) is 13.9. The number of nitrogens with one attached hydrogen (secondary N) is 1. The van der Waals surface area contributed by atoms with Gasteiger partial charge in [0.05, 0.1) is 26.6 Å². The Bertz CT molecular complexity index is 1460. The lowest BCUT2D eigenvalue weighted by molar-refractivity contribution is -0.156. The van der Waals surface area contributed by atoms with Gasteiger partial charge in [0.15, 0.2) is 11.5 Å². The van der Waals surface area contributed by atoms with Crippen LogP contribution in [0.25, 0.3) is 11.2 Å². The van der Waals surface area contributed by atoms with Crippen molar-refractivity contribution >= 4 is 34.8 Å². The Morgan fingerprint density at radius 2 is 1.70 bits per heavy atom. The van der Waals surface area contributed by atoms with Crippen LogP contribution in [0.1, 0.15) is 51.2 Å². The van der Waals surface area contributed by atoms with Crippen molar-refractivity contribution in [3.8, 4) is 6.01 Å². The van der Waals surface area contributed by atoms with Crippen molar-refractivity contribution in [3.05, 3.63) is 45.9 Å². The molecule has 14 nitrogen and oxygen atoms in total. The summed E-state index contributed by atoms with van der Waals surface area (Å²) in [4.78, 5) is 62.6. The third kappa shape index (κ3) is 10.1. The molecule has 0 fully saturated rings. The maximum Gasteiger partial charge on any atom is 0.327 e. The molecule has 3 rings (SSSR count). The monoisotopic (exact) mass is 600 g/mol. The fourth-order valence-electron chi connectivity index (χ4n) is 4.21. The fourth-order valence-corrected chi connectivity index (χ4v) is 4.21.